The zero-order chi connectivity index (χ0) is 20.5. The minimum atomic E-state index is -0.853. The van der Waals surface area contributed by atoms with Crippen molar-refractivity contribution in [2.24, 2.45) is 0 Å². The summed E-state index contributed by atoms with van der Waals surface area (Å²) < 4.78 is 11.5. The van der Waals surface area contributed by atoms with E-state index in [1.807, 2.05) is 44.3 Å². The lowest BCUT2D eigenvalue weighted by Gasteiger charge is -2.30. The zero-order valence-corrected chi connectivity index (χ0v) is 16.4. The lowest BCUT2D eigenvalue weighted by molar-refractivity contribution is -0.757. The van der Waals surface area contributed by atoms with Gasteiger partial charge in [-0.1, -0.05) is 6.07 Å². The topological polar surface area (TPSA) is 107 Å². The van der Waals surface area contributed by atoms with Crippen LogP contribution in [-0.4, -0.2) is 59.9 Å². The van der Waals surface area contributed by atoms with Crippen molar-refractivity contribution in [3.63, 3.8) is 0 Å². The van der Waals surface area contributed by atoms with Gasteiger partial charge in [-0.15, -0.1) is 10.1 Å². The smallest absolute Gasteiger partial charge is 0.294 e. The maximum Gasteiger partial charge on any atom is 0.294 e. The number of nitrogens with one attached hydrogen (secondary N) is 1. The second-order valence-corrected chi connectivity index (χ2v) is 6.66. The Kier molecular flexibility index (Phi) is 8.06. The average molecular weight is 393 g/mol. The molecule has 2 rings (SSSR count). The lowest BCUT2D eigenvalue weighted by atomic mass is 10.2. The van der Waals surface area contributed by atoms with Crippen LogP contribution in [0.15, 0.2) is 30.5 Å². The Bertz CT molecular complexity index is 776. The van der Waals surface area contributed by atoms with Crippen LogP contribution < -0.4 is 4.74 Å². The Labute approximate surface area is 163 Å². The van der Waals surface area contributed by atoms with E-state index in [0.29, 0.717) is 13.2 Å². The van der Waals surface area contributed by atoms with Crippen LogP contribution in [-0.2, 0) is 14.4 Å². The van der Waals surface area contributed by atoms with Gasteiger partial charge in [0, 0.05) is 36.7 Å². The third kappa shape index (κ3) is 6.12. The van der Waals surface area contributed by atoms with Crippen LogP contribution in [0.1, 0.15) is 26.7 Å². The van der Waals surface area contributed by atoms with Gasteiger partial charge in [0.1, 0.15) is 18.5 Å². The van der Waals surface area contributed by atoms with E-state index in [1.54, 1.807) is 12.0 Å². The predicted octanol–water partition coefficient (Wildman–Crippen LogP) is 2.79. The Hall–Kier alpha value is -2.81. The van der Waals surface area contributed by atoms with Gasteiger partial charge in [-0.2, -0.15) is 0 Å². The molecule has 0 aliphatic carbocycles. The number of amides is 1. The first-order chi connectivity index (χ1) is 13.4. The summed E-state index contributed by atoms with van der Waals surface area (Å²) in [4.78, 5) is 31.8. The second-order valence-electron chi connectivity index (χ2n) is 6.66. The number of hydrogen-bond acceptors (Lipinski definition) is 6. The lowest BCUT2D eigenvalue weighted by Crippen LogP contribution is -2.44. The number of aromatic nitrogens is 1. The molecule has 0 aliphatic rings. The molecule has 9 heteroatoms. The largest absolute Gasteiger partial charge is 0.490 e. The summed E-state index contributed by atoms with van der Waals surface area (Å²) in [5.41, 5.74) is 0.988. The molecule has 154 valence electrons. The number of aromatic amines is 1. The molecule has 0 aliphatic heterocycles. The van der Waals surface area contributed by atoms with Gasteiger partial charge in [-0.3, -0.25) is 4.79 Å². The van der Waals surface area contributed by atoms with Crippen molar-refractivity contribution < 1.29 is 24.2 Å². The van der Waals surface area contributed by atoms with Crippen molar-refractivity contribution in [3.8, 4) is 5.75 Å². The quantitative estimate of drug-likeness (QED) is 0.338. The zero-order valence-electron chi connectivity index (χ0n) is 16.4. The standard InChI is InChI=1S/C19H27N3O6/c1-14(2)21(19(23)8-5-11-28-22(24)25)12-15(26-3)13-27-18-7-4-6-17-16(18)9-10-20-17/h4,6-7,9-10,14-15,20H,5,8,11-13H2,1-3H3. The summed E-state index contributed by atoms with van der Waals surface area (Å²) in [7, 11) is 1.58. The van der Waals surface area contributed by atoms with E-state index in [4.69, 9.17) is 9.47 Å². The molecule has 1 amide bonds. The Balaban J connectivity index is 1.91. The van der Waals surface area contributed by atoms with Gasteiger partial charge in [-0.05, 0) is 38.5 Å². The number of nitrogens with zero attached hydrogens (tertiary/aromatic N) is 2. The van der Waals surface area contributed by atoms with Crippen LogP contribution in [0.4, 0.5) is 0 Å². The summed E-state index contributed by atoms with van der Waals surface area (Å²) in [6, 6.07) is 7.69. The second kappa shape index (κ2) is 10.5. The first kappa shape index (κ1) is 21.5. The summed E-state index contributed by atoms with van der Waals surface area (Å²) in [6.07, 6.45) is 2.00. The predicted molar refractivity (Wildman–Crippen MR) is 104 cm³/mol. The number of hydrogen-bond donors (Lipinski definition) is 1. The minimum Gasteiger partial charge on any atom is -0.490 e. The SMILES string of the molecule is COC(COc1cccc2[nH]ccc12)CN(C(=O)CCCO[N+](=O)[O-])C(C)C. The van der Waals surface area contributed by atoms with Crippen molar-refractivity contribution in [2.45, 2.75) is 38.8 Å². The number of ether oxygens (including phenoxy) is 2. The van der Waals surface area contributed by atoms with E-state index in [2.05, 4.69) is 9.82 Å². The molecule has 0 spiro atoms. The monoisotopic (exact) mass is 393 g/mol. The van der Waals surface area contributed by atoms with E-state index in [-0.39, 0.29) is 37.5 Å². The van der Waals surface area contributed by atoms with Crippen molar-refractivity contribution >= 4 is 16.8 Å². The van der Waals surface area contributed by atoms with E-state index in [1.165, 1.54) is 0 Å². The number of carbonyl (C=O) groups is 1. The number of carbonyl (C=O) groups excluding carboxylic acids is 1. The molecule has 1 N–H and O–H groups in total. The highest BCUT2D eigenvalue weighted by molar-refractivity contribution is 5.85. The molecule has 1 aromatic heterocycles. The van der Waals surface area contributed by atoms with Gasteiger partial charge in [0.05, 0.1) is 13.2 Å². The molecule has 1 atom stereocenters. The molecule has 9 nitrogen and oxygen atoms in total. The van der Waals surface area contributed by atoms with Crippen molar-refractivity contribution in [3.05, 3.63) is 40.6 Å². The fraction of sp³-hybridized carbons (Fsp3) is 0.526. The van der Waals surface area contributed by atoms with Crippen molar-refractivity contribution in [1.82, 2.24) is 9.88 Å². The van der Waals surface area contributed by atoms with Crippen LogP contribution in [0.5, 0.6) is 5.75 Å². The van der Waals surface area contributed by atoms with Gasteiger partial charge >= 0.3 is 0 Å². The molecular weight excluding hydrogens is 366 g/mol. The van der Waals surface area contributed by atoms with Gasteiger partial charge in [0.2, 0.25) is 5.91 Å². The molecule has 1 aromatic carbocycles. The summed E-state index contributed by atoms with van der Waals surface area (Å²) >= 11 is 0. The van der Waals surface area contributed by atoms with Crippen LogP contribution >= 0.6 is 0 Å². The molecule has 0 saturated carbocycles. The number of methoxy groups -OCH3 is 1. The number of benzene rings is 1. The molecule has 0 bridgehead atoms. The van der Waals surface area contributed by atoms with Crippen LogP contribution in [0.3, 0.4) is 0 Å². The highest BCUT2D eigenvalue weighted by Crippen LogP contribution is 2.24. The van der Waals surface area contributed by atoms with Gasteiger partial charge in [0.25, 0.3) is 5.09 Å². The van der Waals surface area contributed by atoms with Gasteiger partial charge < -0.3 is 24.2 Å². The van der Waals surface area contributed by atoms with Gasteiger partial charge in [-0.25, -0.2) is 0 Å². The number of H-pyrrole nitrogens is 1. The third-order valence-corrected chi connectivity index (χ3v) is 4.39. The summed E-state index contributed by atoms with van der Waals surface area (Å²) in [5, 5.41) is 10.3. The van der Waals surface area contributed by atoms with Crippen molar-refractivity contribution in [1.29, 1.82) is 0 Å². The Morgan fingerprint density at radius 1 is 1.32 bits per heavy atom. The minimum absolute atomic E-state index is 0.0327. The first-order valence-corrected chi connectivity index (χ1v) is 9.20. The Morgan fingerprint density at radius 3 is 2.79 bits per heavy atom. The van der Waals surface area contributed by atoms with Gasteiger partial charge in [0.15, 0.2) is 0 Å². The highest BCUT2D eigenvalue weighted by atomic mass is 16.9. The van der Waals surface area contributed by atoms with E-state index >= 15 is 0 Å². The average Bonchev–Trinajstić information content (AvgIpc) is 3.14. The number of rotatable bonds is 12. The summed E-state index contributed by atoms with van der Waals surface area (Å²) in [6.45, 7) is 4.40. The maximum absolute atomic E-state index is 12.5. The van der Waals surface area contributed by atoms with Crippen LogP contribution in [0.25, 0.3) is 10.9 Å². The molecule has 0 saturated heterocycles. The van der Waals surface area contributed by atoms with Crippen LogP contribution in [0.2, 0.25) is 0 Å². The summed E-state index contributed by atoms with van der Waals surface area (Å²) in [5.74, 6) is 0.650. The molecule has 1 unspecified atom stereocenters. The number of fused-ring (bicyclic) bond motifs is 1. The molecule has 1 heterocycles. The van der Waals surface area contributed by atoms with Crippen molar-refractivity contribution in [2.75, 3.05) is 26.9 Å². The molecule has 2 aromatic rings. The van der Waals surface area contributed by atoms with Crippen LogP contribution in [0, 0.1) is 10.1 Å². The molecule has 28 heavy (non-hydrogen) atoms. The molecular formula is C19H27N3O6. The fourth-order valence-electron chi connectivity index (χ4n) is 2.89. The maximum atomic E-state index is 12.5. The highest BCUT2D eigenvalue weighted by Gasteiger charge is 2.22. The fourth-order valence-corrected chi connectivity index (χ4v) is 2.89. The Morgan fingerprint density at radius 2 is 2.11 bits per heavy atom. The van der Waals surface area contributed by atoms with E-state index < -0.39 is 5.09 Å². The first-order valence-electron chi connectivity index (χ1n) is 9.20. The third-order valence-electron chi connectivity index (χ3n) is 4.39. The molecule has 0 fully saturated rings. The molecule has 0 radical (unpaired) electrons. The van der Waals surface area contributed by atoms with E-state index in [9.17, 15) is 14.9 Å². The normalized spacial score (nSPS) is 12.1. The van der Waals surface area contributed by atoms with E-state index in [0.717, 1.165) is 16.7 Å².